The third-order valence-corrected chi connectivity index (χ3v) is 6.56. The van der Waals surface area contributed by atoms with Gasteiger partial charge in [0.15, 0.2) is 11.5 Å². The summed E-state index contributed by atoms with van der Waals surface area (Å²) < 4.78 is 5.39. The molecule has 1 amide bonds. The largest absolute Gasteiger partial charge is 0.503 e. The van der Waals surface area contributed by atoms with Gasteiger partial charge in [0.05, 0.1) is 34.9 Å². The molecule has 1 N–H and O–H groups in total. The van der Waals surface area contributed by atoms with E-state index in [1.807, 2.05) is 30.3 Å². The Morgan fingerprint density at radius 3 is 2.48 bits per heavy atom. The maximum absolute atomic E-state index is 13.2. The topological polar surface area (TPSA) is 70.1 Å². The van der Waals surface area contributed by atoms with Crippen LogP contribution in [-0.2, 0) is 14.3 Å². The van der Waals surface area contributed by atoms with Crippen LogP contribution >= 0.6 is 23.2 Å². The standard InChI is InChI=1S/C25H24Cl2N2O4/c26-19-8-7-18(16-20(19)27)23-22(21(30)9-6-17-4-2-1-3-5-17)24(31)25(32)29(23)11-10-28-12-14-33-15-13-28/h1-9,16,23,31H,10-15H2. The fourth-order valence-electron chi connectivity index (χ4n) is 4.06. The molecule has 0 spiro atoms. The molecule has 1 unspecified atom stereocenters. The summed E-state index contributed by atoms with van der Waals surface area (Å²) in [5, 5.41) is 11.4. The molecule has 33 heavy (non-hydrogen) atoms. The molecule has 1 atom stereocenters. The number of nitrogens with zero attached hydrogens (tertiary/aromatic N) is 2. The average Bonchev–Trinajstić information content (AvgIpc) is 3.09. The van der Waals surface area contributed by atoms with Crippen LogP contribution in [0.1, 0.15) is 17.2 Å². The van der Waals surface area contributed by atoms with E-state index < -0.39 is 23.5 Å². The number of carbonyl (C=O) groups excluding carboxylic acids is 2. The highest BCUT2D eigenvalue weighted by molar-refractivity contribution is 6.42. The smallest absolute Gasteiger partial charge is 0.290 e. The molecule has 0 aliphatic carbocycles. The van der Waals surface area contributed by atoms with Crippen LogP contribution in [-0.4, -0.2) is 66.0 Å². The first-order valence-electron chi connectivity index (χ1n) is 10.7. The molecular weight excluding hydrogens is 463 g/mol. The number of hydrogen-bond donors (Lipinski definition) is 1. The fourth-order valence-corrected chi connectivity index (χ4v) is 4.37. The van der Waals surface area contributed by atoms with Crippen LogP contribution in [0.4, 0.5) is 0 Å². The molecule has 0 radical (unpaired) electrons. The molecule has 0 aromatic heterocycles. The first kappa shape index (κ1) is 23.5. The average molecular weight is 487 g/mol. The third kappa shape index (κ3) is 5.31. The van der Waals surface area contributed by atoms with E-state index >= 15 is 0 Å². The molecule has 1 saturated heterocycles. The van der Waals surface area contributed by atoms with Gasteiger partial charge in [0, 0.05) is 26.2 Å². The highest BCUT2D eigenvalue weighted by Crippen LogP contribution is 2.39. The van der Waals surface area contributed by atoms with Crippen LogP contribution in [0.3, 0.4) is 0 Å². The van der Waals surface area contributed by atoms with Gasteiger partial charge in [-0.3, -0.25) is 14.5 Å². The van der Waals surface area contributed by atoms with E-state index in [9.17, 15) is 14.7 Å². The van der Waals surface area contributed by atoms with E-state index in [0.717, 1.165) is 18.7 Å². The lowest BCUT2D eigenvalue weighted by Crippen LogP contribution is -2.43. The molecule has 0 bridgehead atoms. The molecule has 4 rings (SSSR count). The Bertz CT molecular complexity index is 1090. The van der Waals surface area contributed by atoms with Gasteiger partial charge < -0.3 is 14.7 Å². The first-order chi connectivity index (χ1) is 16.0. The minimum atomic E-state index is -0.763. The number of aliphatic hydroxyl groups excluding tert-OH is 1. The van der Waals surface area contributed by atoms with Crippen LogP contribution in [0.2, 0.25) is 10.0 Å². The van der Waals surface area contributed by atoms with Gasteiger partial charge >= 0.3 is 0 Å². The maximum atomic E-state index is 13.2. The predicted octanol–water partition coefficient (Wildman–Crippen LogP) is 4.30. The number of hydrogen-bond acceptors (Lipinski definition) is 5. The first-order valence-corrected chi connectivity index (χ1v) is 11.5. The van der Waals surface area contributed by atoms with Crippen molar-refractivity contribution in [3.8, 4) is 0 Å². The number of ether oxygens (including phenoxy) is 1. The van der Waals surface area contributed by atoms with Gasteiger partial charge in [-0.15, -0.1) is 0 Å². The molecule has 6 nitrogen and oxygen atoms in total. The van der Waals surface area contributed by atoms with Crippen LogP contribution in [0.25, 0.3) is 6.08 Å². The Hall–Kier alpha value is -2.64. The lowest BCUT2D eigenvalue weighted by molar-refractivity contribution is -0.129. The van der Waals surface area contributed by atoms with E-state index in [-0.39, 0.29) is 5.57 Å². The van der Waals surface area contributed by atoms with Crippen molar-refractivity contribution < 1.29 is 19.4 Å². The van der Waals surface area contributed by atoms with Gasteiger partial charge in [0.1, 0.15) is 0 Å². The van der Waals surface area contributed by atoms with Crippen molar-refractivity contribution in [3.05, 3.63) is 87.1 Å². The van der Waals surface area contributed by atoms with Crippen LogP contribution in [0, 0.1) is 0 Å². The van der Waals surface area contributed by atoms with Gasteiger partial charge in [-0.1, -0.05) is 65.7 Å². The SMILES string of the molecule is O=C(C=Cc1ccccc1)C1=C(O)C(=O)N(CCN2CCOCC2)C1c1ccc(Cl)c(Cl)c1. The van der Waals surface area contributed by atoms with Crippen LogP contribution < -0.4 is 0 Å². The number of allylic oxidation sites excluding steroid dienone is 1. The summed E-state index contributed by atoms with van der Waals surface area (Å²) in [5.41, 5.74) is 1.48. The van der Waals surface area contributed by atoms with E-state index in [4.69, 9.17) is 27.9 Å². The summed E-state index contributed by atoms with van der Waals surface area (Å²) >= 11 is 12.3. The molecule has 2 heterocycles. The lowest BCUT2D eigenvalue weighted by atomic mass is 9.95. The molecule has 0 saturated carbocycles. The summed E-state index contributed by atoms with van der Waals surface area (Å²) in [5.74, 6) is -1.54. The Labute approximate surface area is 202 Å². The molecule has 8 heteroatoms. The number of morpholine rings is 1. The molecular formula is C25H24Cl2N2O4. The Balaban J connectivity index is 1.64. The van der Waals surface area contributed by atoms with Crippen molar-refractivity contribution in [1.82, 2.24) is 9.80 Å². The molecule has 2 aromatic carbocycles. The monoisotopic (exact) mass is 486 g/mol. The summed E-state index contributed by atoms with van der Waals surface area (Å²) in [6.45, 7) is 3.76. The van der Waals surface area contributed by atoms with Crippen molar-refractivity contribution >= 4 is 41.0 Å². The number of rotatable bonds is 7. The second-order valence-electron chi connectivity index (χ2n) is 7.90. The number of amides is 1. The molecule has 1 fully saturated rings. The Kier molecular flexibility index (Phi) is 7.50. The number of aliphatic hydroxyl groups is 1. The van der Waals surface area contributed by atoms with Gasteiger partial charge in [-0.25, -0.2) is 0 Å². The van der Waals surface area contributed by atoms with E-state index in [1.165, 1.54) is 11.0 Å². The fraction of sp³-hybridized carbons (Fsp3) is 0.280. The minimum absolute atomic E-state index is 0.0348. The van der Waals surface area contributed by atoms with Crippen LogP contribution in [0.5, 0.6) is 0 Å². The number of benzene rings is 2. The van der Waals surface area contributed by atoms with Crippen molar-refractivity contribution in [1.29, 1.82) is 0 Å². The zero-order chi connectivity index (χ0) is 23.4. The second-order valence-corrected chi connectivity index (χ2v) is 8.71. The zero-order valence-electron chi connectivity index (χ0n) is 17.9. The second kappa shape index (κ2) is 10.5. The zero-order valence-corrected chi connectivity index (χ0v) is 19.4. The van der Waals surface area contributed by atoms with E-state index in [2.05, 4.69) is 4.90 Å². The summed E-state index contributed by atoms with van der Waals surface area (Å²) in [4.78, 5) is 29.9. The van der Waals surface area contributed by atoms with Crippen molar-refractivity contribution in [2.45, 2.75) is 6.04 Å². The normalized spacial score (nSPS) is 19.6. The third-order valence-electron chi connectivity index (χ3n) is 5.82. The highest BCUT2D eigenvalue weighted by atomic mass is 35.5. The van der Waals surface area contributed by atoms with Crippen molar-refractivity contribution in [2.75, 3.05) is 39.4 Å². The lowest BCUT2D eigenvalue weighted by Gasteiger charge is -2.31. The maximum Gasteiger partial charge on any atom is 0.290 e. The molecule has 2 aliphatic heterocycles. The summed E-state index contributed by atoms with van der Waals surface area (Å²) in [7, 11) is 0. The predicted molar refractivity (Wildman–Crippen MR) is 128 cm³/mol. The van der Waals surface area contributed by atoms with Crippen molar-refractivity contribution in [3.63, 3.8) is 0 Å². The number of carbonyl (C=O) groups is 2. The summed E-state index contributed by atoms with van der Waals surface area (Å²) in [6, 6.07) is 13.6. The number of ketones is 1. The van der Waals surface area contributed by atoms with Crippen molar-refractivity contribution in [2.24, 2.45) is 0 Å². The minimum Gasteiger partial charge on any atom is -0.503 e. The molecule has 172 valence electrons. The number of halogens is 2. The van der Waals surface area contributed by atoms with Gasteiger partial charge in [-0.2, -0.15) is 0 Å². The van der Waals surface area contributed by atoms with Gasteiger partial charge in [0.2, 0.25) is 0 Å². The van der Waals surface area contributed by atoms with E-state index in [0.29, 0.717) is 41.9 Å². The molecule has 2 aromatic rings. The molecule has 2 aliphatic rings. The van der Waals surface area contributed by atoms with Gasteiger partial charge in [-0.05, 0) is 29.3 Å². The van der Waals surface area contributed by atoms with Gasteiger partial charge in [0.25, 0.3) is 5.91 Å². The van der Waals surface area contributed by atoms with E-state index in [1.54, 1.807) is 24.3 Å². The quantitative estimate of drug-likeness (QED) is 0.590. The Morgan fingerprint density at radius 1 is 1.06 bits per heavy atom. The Morgan fingerprint density at radius 2 is 1.79 bits per heavy atom. The highest BCUT2D eigenvalue weighted by Gasteiger charge is 2.43. The summed E-state index contributed by atoms with van der Waals surface area (Å²) in [6.07, 6.45) is 3.04. The van der Waals surface area contributed by atoms with Crippen LogP contribution in [0.15, 0.2) is 65.9 Å².